The molecule has 0 aromatic heterocycles. The van der Waals surface area contributed by atoms with Crippen LogP contribution in [0.4, 0.5) is 4.39 Å². The number of carbonyl (C=O) groups is 1. The summed E-state index contributed by atoms with van der Waals surface area (Å²) in [6, 6.07) is 13.4. The van der Waals surface area contributed by atoms with E-state index in [0.717, 1.165) is 0 Å². The normalized spacial score (nSPS) is 15.8. The maximum absolute atomic E-state index is 13.6. The number of piperazine rings is 1. The van der Waals surface area contributed by atoms with Gasteiger partial charge < -0.3 is 19.5 Å². The van der Waals surface area contributed by atoms with Crippen LogP contribution >= 0.6 is 0 Å². The molecule has 0 aliphatic carbocycles. The zero-order valence-corrected chi connectivity index (χ0v) is 16.6. The molecule has 1 fully saturated rings. The summed E-state index contributed by atoms with van der Waals surface area (Å²) in [7, 11) is 0. The Balaban J connectivity index is 1.46. The predicted molar refractivity (Wildman–Crippen MR) is 108 cm³/mol. The average molecular weight is 402 g/mol. The topological polar surface area (TPSA) is 62.2 Å². The van der Waals surface area contributed by atoms with E-state index in [-0.39, 0.29) is 18.3 Å². The zero-order chi connectivity index (χ0) is 20.6. The van der Waals surface area contributed by atoms with Crippen LogP contribution in [0.2, 0.25) is 0 Å². The van der Waals surface area contributed by atoms with Crippen LogP contribution in [0.3, 0.4) is 0 Å². The van der Waals surface area contributed by atoms with Crippen LogP contribution < -0.4 is 9.47 Å². The third-order valence-corrected chi connectivity index (χ3v) is 4.81. The minimum Gasteiger partial charge on any atom is -0.493 e. The maximum atomic E-state index is 13.6. The standard InChI is InChI=1S/C22H27FN2O4/c1-2-28-20-9-5-3-7-18(20)22(27)25-13-11-24(12-14-25)15-17(26)16-29-21-10-6-4-8-19(21)23/h3-10,17,26H,2,11-16H2,1H3. The second-order valence-corrected chi connectivity index (χ2v) is 6.92. The second-order valence-electron chi connectivity index (χ2n) is 6.92. The molecule has 29 heavy (non-hydrogen) atoms. The summed E-state index contributed by atoms with van der Waals surface area (Å²) >= 11 is 0. The highest BCUT2D eigenvalue weighted by Crippen LogP contribution is 2.21. The number of nitrogens with zero attached hydrogens (tertiary/aromatic N) is 2. The highest BCUT2D eigenvalue weighted by molar-refractivity contribution is 5.97. The van der Waals surface area contributed by atoms with Gasteiger partial charge >= 0.3 is 0 Å². The third-order valence-electron chi connectivity index (χ3n) is 4.81. The van der Waals surface area contributed by atoms with Gasteiger partial charge in [-0.25, -0.2) is 4.39 Å². The number of para-hydroxylation sites is 2. The molecule has 1 aliphatic heterocycles. The van der Waals surface area contributed by atoms with Crippen molar-refractivity contribution < 1.29 is 23.8 Å². The fourth-order valence-corrected chi connectivity index (χ4v) is 3.33. The summed E-state index contributed by atoms with van der Waals surface area (Å²) in [6.45, 7) is 5.26. The van der Waals surface area contributed by atoms with Crippen LogP contribution in [-0.2, 0) is 0 Å². The number of benzene rings is 2. The summed E-state index contributed by atoms with van der Waals surface area (Å²) in [5.41, 5.74) is 0.570. The Labute approximate surface area is 170 Å². The lowest BCUT2D eigenvalue weighted by atomic mass is 10.1. The number of halogens is 1. The summed E-state index contributed by atoms with van der Waals surface area (Å²) in [5.74, 6) is 0.245. The molecule has 1 heterocycles. The lowest BCUT2D eigenvalue weighted by molar-refractivity contribution is 0.0396. The van der Waals surface area contributed by atoms with Crippen molar-refractivity contribution in [1.82, 2.24) is 9.80 Å². The predicted octanol–water partition coefficient (Wildman–Crippen LogP) is 2.42. The van der Waals surface area contributed by atoms with Crippen LogP contribution in [0, 0.1) is 5.82 Å². The van der Waals surface area contributed by atoms with Gasteiger partial charge in [0.05, 0.1) is 12.2 Å². The van der Waals surface area contributed by atoms with Crippen LogP contribution in [0.5, 0.6) is 11.5 Å². The number of hydrogen-bond donors (Lipinski definition) is 1. The highest BCUT2D eigenvalue weighted by atomic mass is 19.1. The van der Waals surface area contributed by atoms with Crippen molar-refractivity contribution in [3.63, 3.8) is 0 Å². The molecule has 0 spiro atoms. The Bertz CT molecular complexity index is 809. The van der Waals surface area contributed by atoms with Gasteiger partial charge in [0.2, 0.25) is 0 Å². The van der Waals surface area contributed by atoms with Gasteiger partial charge in [-0.15, -0.1) is 0 Å². The fourth-order valence-electron chi connectivity index (χ4n) is 3.33. The molecule has 0 saturated carbocycles. The first-order valence-corrected chi connectivity index (χ1v) is 9.87. The largest absolute Gasteiger partial charge is 0.493 e. The number of carbonyl (C=O) groups excluding carboxylic acids is 1. The summed E-state index contributed by atoms with van der Waals surface area (Å²) < 4.78 is 24.5. The van der Waals surface area contributed by atoms with E-state index in [2.05, 4.69) is 4.90 Å². The van der Waals surface area contributed by atoms with Crippen molar-refractivity contribution in [2.45, 2.75) is 13.0 Å². The molecule has 1 amide bonds. The Morgan fingerprint density at radius 3 is 2.38 bits per heavy atom. The smallest absolute Gasteiger partial charge is 0.257 e. The lowest BCUT2D eigenvalue weighted by Crippen LogP contribution is -2.51. The third kappa shape index (κ3) is 5.68. The molecule has 3 rings (SSSR count). The summed E-state index contributed by atoms with van der Waals surface area (Å²) in [6.07, 6.45) is -0.740. The molecule has 7 heteroatoms. The van der Waals surface area contributed by atoms with Crippen molar-refractivity contribution in [3.8, 4) is 11.5 Å². The minimum atomic E-state index is -0.740. The number of amides is 1. The Morgan fingerprint density at radius 1 is 1.03 bits per heavy atom. The second kappa shape index (κ2) is 10.2. The van der Waals surface area contributed by atoms with Gasteiger partial charge in [0.25, 0.3) is 5.91 Å². The van der Waals surface area contributed by atoms with E-state index in [1.807, 2.05) is 19.1 Å². The number of hydrogen-bond acceptors (Lipinski definition) is 5. The average Bonchev–Trinajstić information content (AvgIpc) is 2.74. The van der Waals surface area contributed by atoms with Crippen molar-refractivity contribution in [3.05, 3.63) is 59.9 Å². The number of ether oxygens (including phenoxy) is 2. The minimum absolute atomic E-state index is 0.0157. The van der Waals surface area contributed by atoms with Gasteiger partial charge in [0.15, 0.2) is 11.6 Å². The first-order valence-electron chi connectivity index (χ1n) is 9.87. The molecule has 1 unspecified atom stereocenters. The number of aliphatic hydroxyl groups is 1. The number of rotatable bonds is 8. The molecule has 1 aliphatic rings. The molecule has 2 aromatic carbocycles. The van der Waals surface area contributed by atoms with Crippen molar-refractivity contribution >= 4 is 5.91 Å². The van der Waals surface area contributed by atoms with E-state index in [1.54, 1.807) is 29.2 Å². The first kappa shape index (κ1) is 21.1. The molecule has 1 atom stereocenters. The molecule has 0 radical (unpaired) electrons. The van der Waals surface area contributed by atoms with Gasteiger partial charge in [0, 0.05) is 32.7 Å². The van der Waals surface area contributed by atoms with Crippen LogP contribution in [0.25, 0.3) is 0 Å². The van der Waals surface area contributed by atoms with Crippen LogP contribution in [0.15, 0.2) is 48.5 Å². The number of β-amino-alcohol motifs (C(OH)–C–C–N with tert-alkyl or cyclic N) is 1. The summed E-state index contributed by atoms with van der Waals surface area (Å²) in [4.78, 5) is 16.7. The molecule has 2 aromatic rings. The molecular formula is C22H27FN2O4. The molecule has 1 saturated heterocycles. The molecule has 0 bridgehead atoms. The quantitative estimate of drug-likeness (QED) is 0.735. The Kier molecular flexibility index (Phi) is 7.43. The van der Waals surface area contributed by atoms with Gasteiger partial charge in [-0.05, 0) is 31.2 Å². The van der Waals surface area contributed by atoms with Crippen molar-refractivity contribution in [2.75, 3.05) is 45.9 Å². The first-order chi connectivity index (χ1) is 14.1. The SMILES string of the molecule is CCOc1ccccc1C(=O)N1CCN(CC(O)COc2ccccc2F)CC1. The van der Waals surface area contributed by atoms with Gasteiger partial charge in [0.1, 0.15) is 18.5 Å². The van der Waals surface area contributed by atoms with Crippen LogP contribution in [-0.4, -0.2) is 72.9 Å². The van der Waals surface area contributed by atoms with Gasteiger partial charge in [-0.1, -0.05) is 24.3 Å². The maximum Gasteiger partial charge on any atom is 0.257 e. The van der Waals surface area contributed by atoms with E-state index in [0.29, 0.717) is 50.6 Å². The molecular weight excluding hydrogens is 375 g/mol. The van der Waals surface area contributed by atoms with Crippen LogP contribution in [0.1, 0.15) is 17.3 Å². The van der Waals surface area contributed by atoms with E-state index >= 15 is 0 Å². The lowest BCUT2D eigenvalue weighted by Gasteiger charge is -2.35. The van der Waals surface area contributed by atoms with Gasteiger partial charge in [-0.2, -0.15) is 0 Å². The van der Waals surface area contributed by atoms with Gasteiger partial charge in [-0.3, -0.25) is 9.69 Å². The summed E-state index contributed by atoms with van der Waals surface area (Å²) in [5, 5.41) is 10.2. The highest BCUT2D eigenvalue weighted by Gasteiger charge is 2.25. The van der Waals surface area contributed by atoms with E-state index in [9.17, 15) is 14.3 Å². The monoisotopic (exact) mass is 402 g/mol. The fraction of sp³-hybridized carbons (Fsp3) is 0.409. The molecule has 156 valence electrons. The molecule has 6 nitrogen and oxygen atoms in total. The van der Waals surface area contributed by atoms with E-state index in [4.69, 9.17) is 9.47 Å². The van der Waals surface area contributed by atoms with Crippen molar-refractivity contribution in [1.29, 1.82) is 0 Å². The van der Waals surface area contributed by atoms with E-state index < -0.39 is 11.9 Å². The Morgan fingerprint density at radius 2 is 1.69 bits per heavy atom. The molecule has 1 N–H and O–H groups in total. The Hall–Kier alpha value is -2.64. The van der Waals surface area contributed by atoms with Crippen molar-refractivity contribution in [2.24, 2.45) is 0 Å². The number of aliphatic hydroxyl groups excluding tert-OH is 1. The zero-order valence-electron chi connectivity index (χ0n) is 16.6. The van der Waals surface area contributed by atoms with E-state index in [1.165, 1.54) is 12.1 Å².